The number of ether oxygens (including phenoxy) is 1. The van der Waals surface area contributed by atoms with Crippen LogP contribution in [0.25, 0.3) is 0 Å². The molecule has 1 saturated heterocycles. The van der Waals surface area contributed by atoms with E-state index in [-0.39, 0.29) is 5.78 Å². The van der Waals surface area contributed by atoms with Crippen molar-refractivity contribution < 1.29 is 9.53 Å². The van der Waals surface area contributed by atoms with Crippen LogP contribution in [0.15, 0.2) is 24.3 Å². The van der Waals surface area contributed by atoms with E-state index in [0.29, 0.717) is 30.9 Å². The Morgan fingerprint density at radius 2 is 1.77 bits per heavy atom. The van der Waals surface area contributed by atoms with Gasteiger partial charge in [0.2, 0.25) is 0 Å². The van der Waals surface area contributed by atoms with Crippen molar-refractivity contribution in [2.45, 2.75) is 34.1 Å². The highest BCUT2D eigenvalue weighted by molar-refractivity contribution is 5.97. The summed E-state index contributed by atoms with van der Waals surface area (Å²) in [7, 11) is 0. The Morgan fingerprint density at radius 3 is 2.32 bits per heavy atom. The van der Waals surface area contributed by atoms with Crippen molar-refractivity contribution in [2.24, 2.45) is 17.8 Å². The molecule has 1 aliphatic rings. The van der Waals surface area contributed by atoms with Crippen molar-refractivity contribution in [3.8, 4) is 5.75 Å². The summed E-state index contributed by atoms with van der Waals surface area (Å²) in [5, 5.41) is 0. The van der Waals surface area contributed by atoms with Crippen LogP contribution in [0.3, 0.4) is 0 Å². The molecule has 0 radical (unpaired) electrons. The molecule has 0 N–H and O–H groups in total. The van der Waals surface area contributed by atoms with Crippen LogP contribution in [0, 0.1) is 17.8 Å². The average molecular weight is 303 g/mol. The molecule has 2 atom stereocenters. The number of likely N-dealkylation sites (tertiary alicyclic amines) is 1. The van der Waals surface area contributed by atoms with Gasteiger partial charge in [-0.3, -0.25) is 9.69 Å². The van der Waals surface area contributed by atoms with E-state index in [4.69, 9.17) is 4.74 Å². The van der Waals surface area contributed by atoms with E-state index in [2.05, 4.69) is 32.6 Å². The molecule has 0 bridgehead atoms. The van der Waals surface area contributed by atoms with E-state index in [1.807, 2.05) is 24.3 Å². The van der Waals surface area contributed by atoms with E-state index >= 15 is 0 Å². The molecule has 0 saturated carbocycles. The van der Waals surface area contributed by atoms with Crippen molar-refractivity contribution in [1.82, 2.24) is 4.90 Å². The van der Waals surface area contributed by atoms with Gasteiger partial charge in [0.1, 0.15) is 5.75 Å². The van der Waals surface area contributed by atoms with Gasteiger partial charge in [0.15, 0.2) is 5.78 Å². The molecule has 0 aliphatic carbocycles. The molecule has 0 aromatic heterocycles. The van der Waals surface area contributed by atoms with Gasteiger partial charge in [0.25, 0.3) is 0 Å². The van der Waals surface area contributed by atoms with Crippen LogP contribution < -0.4 is 4.74 Å². The molecule has 22 heavy (non-hydrogen) atoms. The van der Waals surface area contributed by atoms with E-state index in [1.165, 1.54) is 6.42 Å². The number of rotatable bonds is 6. The van der Waals surface area contributed by atoms with E-state index in [0.717, 1.165) is 24.4 Å². The minimum atomic E-state index is 0.205. The van der Waals surface area contributed by atoms with Crippen LogP contribution in [0.4, 0.5) is 0 Å². The minimum absolute atomic E-state index is 0.205. The van der Waals surface area contributed by atoms with Gasteiger partial charge in [-0.2, -0.15) is 0 Å². The largest absolute Gasteiger partial charge is 0.493 e. The Hall–Kier alpha value is -1.35. The summed E-state index contributed by atoms with van der Waals surface area (Å²) in [4.78, 5) is 14.7. The maximum absolute atomic E-state index is 12.4. The summed E-state index contributed by atoms with van der Waals surface area (Å²) in [6.45, 7) is 12.1. The summed E-state index contributed by atoms with van der Waals surface area (Å²) >= 11 is 0. The number of ketones is 1. The monoisotopic (exact) mass is 303 g/mol. The summed E-state index contributed by atoms with van der Waals surface area (Å²) in [6.07, 6.45) is 1.27. The third-order valence-electron chi connectivity index (χ3n) is 4.07. The number of benzene rings is 1. The Labute approximate surface area is 134 Å². The molecule has 0 spiro atoms. The lowest BCUT2D eigenvalue weighted by atomic mass is 9.91. The van der Waals surface area contributed by atoms with Gasteiger partial charge in [0.05, 0.1) is 13.2 Å². The van der Waals surface area contributed by atoms with Crippen molar-refractivity contribution in [1.29, 1.82) is 0 Å². The smallest absolute Gasteiger partial charge is 0.176 e. The van der Waals surface area contributed by atoms with Crippen LogP contribution in [0.2, 0.25) is 0 Å². The van der Waals surface area contributed by atoms with Gasteiger partial charge in [-0.1, -0.05) is 27.7 Å². The van der Waals surface area contributed by atoms with E-state index in [1.54, 1.807) is 0 Å². The molecule has 1 aliphatic heterocycles. The summed E-state index contributed by atoms with van der Waals surface area (Å²) < 4.78 is 5.66. The predicted octanol–water partition coefficient (Wildman–Crippen LogP) is 3.88. The van der Waals surface area contributed by atoms with Crippen LogP contribution in [0.1, 0.15) is 44.5 Å². The molecular weight excluding hydrogens is 274 g/mol. The normalized spacial score (nSPS) is 22.8. The average Bonchev–Trinajstić information content (AvgIpc) is 2.44. The molecule has 1 heterocycles. The third-order valence-corrected chi connectivity index (χ3v) is 4.07. The van der Waals surface area contributed by atoms with Gasteiger partial charge < -0.3 is 4.74 Å². The summed E-state index contributed by atoms with van der Waals surface area (Å²) in [6, 6.07) is 7.57. The molecule has 1 fully saturated rings. The molecule has 1 aromatic carbocycles. The first-order valence-electron chi connectivity index (χ1n) is 8.42. The van der Waals surface area contributed by atoms with Crippen LogP contribution >= 0.6 is 0 Å². The number of carbonyl (C=O) groups is 1. The zero-order valence-electron chi connectivity index (χ0n) is 14.3. The first kappa shape index (κ1) is 17.0. The molecular formula is C19H29NO2. The van der Waals surface area contributed by atoms with Gasteiger partial charge in [-0.15, -0.1) is 0 Å². The quantitative estimate of drug-likeness (QED) is 0.747. The highest BCUT2D eigenvalue weighted by Gasteiger charge is 2.23. The molecule has 2 rings (SSSR count). The standard InChI is InChI=1S/C19H29NO2/c1-14(2)13-22-18-7-5-17(6-8-18)19(21)12-20-10-15(3)9-16(4)11-20/h5-8,14-16H,9-13H2,1-4H3. The van der Waals surface area contributed by atoms with Gasteiger partial charge in [0, 0.05) is 18.7 Å². The summed E-state index contributed by atoms with van der Waals surface area (Å²) in [5.41, 5.74) is 0.780. The van der Waals surface area contributed by atoms with Gasteiger partial charge in [-0.05, 0) is 48.4 Å². The highest BCUT2D eigenvalue weighted by atomic mass is 16.5. The second kappa shape index (κ2) is 7.77. The van der Waals surface area contributed by atoms with Gasteiger partial charge in [-0.25, -0.2) is 0 Å². The number of carbonyl (C=O) groups excluding carboxylic acids is 1. The number of nitrogens with zero attached hydrogens (tertiary/aromatic N) is 1. The van der Waals surface area contributed by atoms with Crippen molar-refractivity contribution in [3.05, 3.63) is 29.8 Å². The lowest BCUT2D eigenvalue weighted by molar-refractivity contribution is 0.0849. The molecule has 3 nitrogen and oxygen atoms in total. The van der Waals surface area contributed by atoms with Crippen molar-refractivity contribution in [3.63, 3.8) is 0 Å². The first-order chi connectivity index (χ1) is 10.4. The lowest BCUT2D eigenvalue weighted by Crippen LogP contribution is -2.41. The van der Waals surface area contributed by atoms with E-state index < -0.39 is 0 Å². The Morgan fingerprint density at radius 1 is 1.18 bits per heavy atom. The summed E-state index contributed by atoms with van der Waals surface area (Å²) in [5.74, 6) is 2.92. The van der Waals surface area contributed by atoms with Crippen LogP contribution in [-0.2, 0) is 0 Å². The number of hydrogen-bond acceptors (Lipinski definition) is 3. The van der Waals surface area contributed by atoms with Crippen LogP contribution in [-0.4, -0.2) is 36.9 Å². The zero-order chi connectivity index (χ0) is 16.1. The predicted molar refractivity (Wildman–Crippen MR) is 90.5 cm³/mol. The number of piperidine rings is 1. The van der Waals surface area contributed by atoms with Crippen molar-refractivity contribution >= 4 is 5.78 Å². The lowest BCUT2D eigenvalue weighted by Gasteiger charge is -2.34. The second-order valence-electron chi connectivity index (χ2n) is 7.29. The van der Waals surface area contributed by atoms with E-state index in [9.17, 15) is 4.79 Å². The maximum atomic E-state index is 12.4. The number of hydrogen-bond donors (Lipinski definition) is 0. The molecule has 0 amide bonds. The Balaban J connectivity index is 1.89. The Kier molecular flexibility index (Phi) is 6.01. The minimum Gasteiger partial charge on any atom is -0.493 e. The SMILES string of the molecule is CC(C)COc1ccc(C(=O)CN2CC(C)CC(C)C2)cc1. The molecule has 3 heteroatoms. The van der Waals surface area contributed by atoms with Gasteiger partial charge >= 0.3 is 0 Å². The molecule has 1 aromatic rings. The number of Topliss-reactive ketones (excluding diaryl/α,β-unsaturated/α-hetero) is 1. The Bertz CT molecular complexity index is 471. The second-order valence-corrected chi connectivity index (χ2v) is 7.29. The molecule has 2 unspecified atom stereocenters. The first-order valence-corrected chi connectivity index (χ1v) is 8.42. The maximum Gasteiger partial charge on any atom is 0.176 e. The van der Waals surface area contributed by atoms with Crippen LogP contribution in [0.5, 0.6) is 5.75 Å². The highest BCUT2D eigenvalue weighted by Crippen LogP contribution is 2.21. The fourth-order valence-electron chi connectivity index (χ4n) is 3.22. The fraction of sp³-hybridized carbons (Fsp3) is 0.632. The topological polar surface area (TPSA) is 29.5 Å². The molecule has 122 valence electrons. The van der Waals surface area contributed by atoms with Crippen molar-refractivity contribution in [2.75, 3.05) is 26.2 Å². The third kappa shape index (κ3) is 5.13. The zero-order valence-corrected chi connectivity index (χ0v) is 14.3. The fourth-order valence-corrected chi connectivity index (χ4v) is 3.22.